The molecule has 0 aromatic heterocycles. The van der Waals surface area contributed by atoms with E-state index in [2.05, 4.69) is 5.32 Å². The molecule has 1 saturated heterocycles. The number of sulfonamides is 1. The van der Waals surface area contributed by atoms with Gasteiger partial charge in [-0.25, -0.2) is 8.42 Å². The van der Waals surface area contributed by atoms with E-state index >= 15 is 0 Å². The molecule has 4 nitrogen and oxygen atoms in total. The number of hydrogen-bond acceptors (Lipinski definition) is 3. The molecule has 0 radical (unpaired) electrons. The van der Waals surface area contributed by atoms with Gasteiger partial charge in [-0.2, -0.15) is 4.31 Å². The van der Waals surface area contributed by atoms with Crippen molar-refractivity contribution in [1.29, 1.82) is 0 Å². The second-order valence-electron chi connectivity index (χ2n) is 5.61. The molecule has 2 aliphatic rings. The van der Waals surface area contributed by atoms with Crippen LogP contribution < -0.4 is 5.32 Å². The Hall–Kier alpha value is -0.130. The number of nitrogens with zero attached hydrogens (tertiary/aromatic N) is 1. The number of hydrogen-bond donors (Lipinski definition) is 1. The van der Waals surface area contributed by atoms with Crippen molar-refractivity contribution in [2.75, 3.05) is 25.4 Å². The molecular weight excluding hydrogens is 248 g/mol. The fourth-order valence-corrected chi connectivity index (χ4v) is 5.50. The summed E-state index contributed by atoms with van der Waals surface area (Å²) in [5.74, 6) is 0.714. The molecule has 1 aliphatic carbocycles. The summed E-state index contributed by atoms with van der Waals surface area (Å²) >= 11 is 0. The lowest BCUT2D eigenvalue weighted by atomic mass is 10.0. The molecular formula is C13H26N2O2S. The summed E-state index contributed by atoms with van der Waals surface area (Å²) in [6.45, 7) is 4.54. The Bertz CT molecular complexity index is 344. The van der Waals surface area contributed by atoms with Crippen molar-refractivity contribution >= 4 is 10.0 Å². The van der Waals surface area contributed by atoms with Crippen LogP contribution in [-0.4, -0.2) is 44.2 Å². The molecule has 0 spiro atoms. The Morgan fingerprint density at radius 1 is 1.11 bits per heavy atom. The van der Waals surface area contributed by atoms with Crippen molar-refractivity contribution in [3.63, 3.8) is 0 Å². The van der Waals surface area contributed by atoms with E-state index in [-0.39, 0.29) is 6.04 Å². The second-order valence-corrected chi connectivity index (χ2v) is 7.58. The minimum Gasteiger partial charge on any atom is -0.317 e. The minimum absolute atomic E-state index is 0.279. The summed E-state index contributed by atoms with van der Waals surface area (Å²) in [4.78, 5) is 0. The number of piperidine rings is 1. The van der Waals surface area contributed by atoms with Crippen LogP contribution in [0.3, 0.4) is 0 Å². The van der Waals surface area contributed by atoms with Gasteiger partial charge in [0.15, 0.2) is 0 Å². The fourth-order valence-electron chi connectivity index (χ4n) is 3.32. The average Bonchev–Trinajstić information content (AvgIpc) is 2.83. The highest BCUT2D eigenvalue weighted by Gasteiger charge is 2.32. The van der Waals surface area contributed by atoms with Crippen molar-refractivity contribution in [1.82, 2.24) is 9.62 Å². The number of nitrogens with one attached hydrogen (secondary N) is 1. The van der Waals surface area contributed by atoms with Gasteiger partial charge in [0.25, 0.3) is 0 Å². The molecule has 1 N–H and O–H groups in total. The molecule has 0 unspecified atom stereocenters. The lowest BCUT2D eigenvalue weighted by Gasteiger charge is -2.30. The molecule has 1 saturated carbocycles. The monoisotopic (exact) mass is 274 g/mol. The molecule has 1 heterocycles. The zero-order valence-electron chi connectivity index (χ0n) is 11.4. The third kappa shape index (κ3) is 3.45. The molecule has 0 amide bonds. The van der Waals surface area contributed by atoms with E-state index in [4.69, 9.17) is 0 Å². The first kappa shape index (κ1) is 14.3. The van der Waals surface area contributed by atoms with Gasteiger partial charge in [-0.3, -0.25) is 0 Å². The van der Waals surface area contributed by atoms with E-state index in [0.29, 0.717) is 18.2 Å². The highest BCUT2D eigenvalue weighted by atomic mass is 32.2. The van der Waals surface area contributed by atoms with E-state index in [1.54, 1.807) is 4.31 Å². The summed E-state index contributed by atoms with van der Waals surface area (Å²) in [6.07, 6.45) is 6.48. The van der Waals surface area contributed by atoms with Crippen LogP contribution in [0.4, 0.5) is 0 Å². The van der Waals surface area contributed by atoms with Gasteiger partial charge in [-0.1, -0.05) is 19.8 Å². The quantitative estimate of drug-likeness (QED) is 0.828. The molecule has 2 fully saturated rings. The molecule has 18 heavy (non-hydrogen) atoms. The van der Waals surface area contributed by atoms with Crippen molar-refractivity contribution < 1.29 is 8.42 Å². The van der Waals surface area contributed by atoms with Crippen LogP contribution in [0.5, 0.6) is 0 Å². The van der Waals surface area contributed by atoms with Gasteiger partial charge >= 0.3 is 0 Å². The van der Waals surface area contributed by atoms with E-state index in [0.717, 1.165) is 38.8 Å². The second kappa shape index (κ2) is 6.35. The van der Waals surface area contributed by atoms with Crippen LogP contribution >= 0.6 is 0 Å². The van der Waals surface area contributed by atoms with Gasteiger partial charge in [0, 0.05) is 12.6 Å². The lowest BCUT2D eigenvalue weighted by Crippen LogP contribution is -2.42. The van der Waals surface area contributed by atoms with Crippen LogP contribution in [0.25, 0.3) is 0 Å². The summed E-state index contributed by atoms with van der Waals surface area (Å²) in [6, 6.07) is 0.279. The zero-order valence-corrected chi connectivity index (χ0v) is 12.2. The molecule has 106 valence electrons. The minimum atomic E-state index is -3.05. The van der Waals surface area contributed by atoms with Crippen LogP contribution in [-0.2, 0) is 10.0 Å². The van der Waals surface area contributed by atoms with Crippen LogP contribution in [0.15, 0.2) is 0 Å². The molecule has 0 aromatic carbocycles. The molecule has 0 aromatic rings. The van der Waals surface area contributed by atoms with Crippen molar-refractivity contribution in [3.05, 3.63) is 0 Å². The molecule has 0 bridgehead atoms. The maximum absolute atomic E-state index is 12.5. The topological polar surface area (TPSA) is 49.4 Å². The predicted molar refractivity (Wildman–Crippen MR) is 74.0 cm³/mol. The Balaban J connectivity index is 1.98. The van der Waals surface area contributed by atoms with Gasteiger partial charge < -0.3 is 5.32 Å². The summed E-state index contributed by atoms with van der Waals surface area (Å²) < 4.78 is 26.8. The van der Waals surface area contributed by atoms with E-state index < -0.39 is 10.0 Å². The van der Waals surface area contributed by atoms with E-state index in [1.165, 1.54) is 12.8 Å². The van der Waals surface area contributed by atoms with Crippen molar-refractivity contribution in [3.8, 4) is 0 Å². The normalized spacial score (nSPS) is 23.9. The Labute approximate surface area is 111 Å². The van der Waals surface area contributed by atoms with Gasteiger partial charge in [0.2, 0.25) is 10.0 Å². The van der Waals surface area contributed by atoms with Gasteiger partial charge in [-0.15, -0.1) is 0 Å². The third-order valence-electron chi connectivity index (χ3n) is 4.31. The summed E-state index contributed by atoms with van der Waals surface area (Å²) in [5, 5.41) is 3.29. The third-order valence-corrected chi connectivity index (χ3v) is 6.47. The smallest absolute Gasteiger partial charge is 0.214 e. The summed E-state index contributed by atoms with van der Waals surface area (Å²) in [7, 11) is -3.05. The first-order valence-electron chi connectivity index (χ1n) is 7.33. The van der Waals surface area contributed by atoms with Crippen LogP contribution in [0.1, 0.15) is 45.4 Å². The SMILES string of the molecule is CCN(C1CCCC1)S(=O)(=O)CC1CCNCC1. The standard InChI is InChI=1S/C13H26N2O2S/c1-2-15(13-5-3-4-6-13)18(16,17)11-12-7-9-14-10-8-12/h12-14H,2-11H2,1H3. The summed E-state index contributed by atoms with van der Waals surface area (Å²) in [5.41, 5.74) is 0. The van der Waals surface area contributed by atoms with E-state index in [1.807, 2.05) is 6.92 Å². The molecule has 2 rings (SSSR count). The highest BCUT2D eigenvalue weighted by molar-refractivity contribution is 7.89. The van der Waals surface area contributed by atoms with Crippen LogP contribution in [0, 0.1) is 5.92 Å². The maximum Gasteiger partial charge on any atom is 0.214 e. The fraction of sp³-hybridized carbons (Fsp3) is 1.00. The van der Waals surface area contributed by atoms with Crippen molar-refractivity contribution in [2.45, 2.75) is 51.5 Å². The Morgan fingerprint density at radius 2 is 1.72 bits per heavy atom. The first-order chi connectivity index (χ1) is 8.63. The van der Waals surface area contributed by atoms with Crippen molar-refractivity contribution in [2.24, 2.45) is 5.92 Å². The Kier molecular flexibility index (Phi) is 5.04. The number of rotatable bonds is 5. The van der Waals surface area contributed by atoms with Crippen LogP contribution in [0.2, 0.25) is 0 Å². The highest BCUT2D eigenvalue weighted by Crippen LogP contribution is 2.27. The molecule has 0 atom stereocenters. The van der Waals surface area contributed by atoms with Gasteiger partial charge in [0.05, 0.1) is 5.75 Å². The van der Waals surface area contributed by atoms with Gasteiger partial charge in [-0.05, 0) is 44.7 Å². The first-order valence-corrected chi connectivity index (χ1v) is 8.94. The maximum atomic E-state index is 12.5. The van der Waals surface area contributed by atoms with Gasteiger partial charge in [0.1, 0.15) is 0 Å². The lowest BCUT2D eigenvalue weighted by molar-refractivity contribution is 0.325. The van der Waals surface area contributed by atoms with E-state index in [9.17, 15) is 8.42 Å². The largest absolute Gasteiger partial charge is 0.317 e. The predicted octanol–water partition coefficient (Wildman–Crippen LogP) is 1.58. The molecule has 1 aliphatic heterocycles. The zero-order chi connectivity index (χ0) is 13.0. The average molecular weight is 274 g/mol. The molecule has 5 heteroatoms. The Morgan fingerprint density at radius 3 is 2.28 bits per heavy atom.